The molecule has 0 unspecified atom stereocenters. The maximum absolute atomic E-state index is 11.7. The summed E-state index contributed by atoms with van der Waals surface area (Å²) in [5.41, 5.74) is 0.942. The summed E-state index contributed by atoms with van der Waals surface area (Å²) in [6.07, 6.45) is 2.90. The van der Waals surface area contributed by atoms with E-state index in [1.807, 2.05) is 0 Å². The van der Waals surface area contributed by atoms with E-state index in [1.54, 1.807) is 37.4 Å². The number of pyridine rings is 1. The molecule has 2 rings (SSSR count). The quantitative estimate of drug-likeness (QED) is 0.376. The van der Waals surface area contributed by atoms with Crippen LogP contribution in [0.1, 0.15) is 15.9 Å². The van der Waals surface area contributed by atoms with Gasteiger partial charge >= 0.3 is 5.97 Å². The van der Waals surface area contributed by atoms with E-state index in [0.717, 1.165) is 11.3 Å². The van der Waals surface area contributed by atoms with Gasteiger partial charge in [-0.05, 0) is 42.0 Å². The van der Waals surface area contributed by atoms with Gasteiger partial charge in [0.25, 0.3) is 0 Å². The third-order valence-electron chi connectivity index (χ3n) is 2.43. The number of halogens is 1. The minimum Gasteiger partial charge on any atom is -0.497 e. The summed E-state index contributed by atoms with van der Waals surface area (Å²) in [5.74, 6) is 0.0779. The Bertz CT molecular complexity index is 627. The lowest BCUT2D eigenvalue weighted by Gasteiger charge is -2.00. The largest absolute Gasteiger partial charge is 0.497 e. The van der Waals surface area contributed by atoms with Crippen LogP contribution >= 0.6 is 11.6 Å². The van der Waals surface area contributed by atoms with Crippen molar-refractivity contribution < 1.29 is 14.4 Å². The molecule has 0 aliphatic rings. The van der Waals surface area contributed by atoms with E-state index >= 15 is 0 Å². The van der Waals surface area contributed by atoms with Crippen LogP contribution in [0, 0.1) is 0 Å². The molecule has 0 amide bonds. The zero-order valence-electron chi connectivity index (χ0n) is 10.6. The molecular formula is C14H11ClN2O3. The van der Waals surface area contributed by atoms with Gasteiger partial charge in [0.05, 0.1) is 18.9 Å². The Morgan fingerprint density at radius 2 is 2.05 bits per heavy atom. The fraction of sp³-hybridized carbons (Fsp3) is 0.0714. The molecule has 0 aliphatic carbocycles. The summed E-state index contributed by atoms with van der Waals surface area (Å²) in [4.78, 5) is 20.2. The van der Waals surface area contributed by atoms with Crippen molar-refractivity contribution in [3.63, 3.8) is 0 Å². The number of carbonyl (C=O) groups excluding carboxylic acids is 1. The Kier molecular flexibility index (Phi) is 4.68. The number of rotatable bonds is 4. The highest BCUT2D eigenvalue weighted by molar-refractivity contribution is 6.32. The number of oxime groups is 1. The second kappa shape index (κ2) is 6.68. The molecule has 1 aromatic carbocycles. The minimum atomic E-state index is -0.659. The fourth-order valence-corrected chi connectivity index (χ4v) is 1.61. The molecule has 0 aliphatic heterocycles. The van der Waals surface area contributed by atoms with Crippen LogP contribution in [0.15, 0.2) is 47.8 Å². The molecule has 2 aromatic rings. The third kappa shape index (κ3) is 3.55. The first-order chi connectivity index (χ1) is 9.70. The van der Waals surface area contributed by atoms with Crippen LogP contribution in [0.5, 0.6) is 5.75 Å². The first kappa shape index (κ1) is 14.0. The Hall–Kier alpha value is -2.40. The predicted octanol–water partition coefficient (Wildman–Crippen LogP) is 2.93. The van der Waals surface area contributed by atoms with Gasteiger partial charge in [-0.25, -0.2) is 9.78 Å². The molecule has 1 aromatic heterocycles. The van der Waals surface area contributed by atoms with Crippen LogP contribution in [-0.2, 0) is 4.84 Å². The smallest absolute Gasteiger partial charge is 0.368 e. The molecule has 0 spiro atoms. The number of aromatic nitrogens is 1. The summed E-state index contributed by atoms with van der Waals surface area (Å²) in [6, 6.07) is 10.2. The van der Waals surface area contributed by atoms with Gasteiger partial charge in [-0.3, -0.25) is 0 Å². The molecule has 0 saturated heterocycles. The predicted molar refractivity (Wildman–Crippen MR) is 75.3 cm³/mol. The molecule has 1 heterocycles. The lowest BCUT2D eigenvalue weighted by molar-refractivity contribution is 0.0519. The summed E-state index contributed by atoms with van der Waals surface area (Å²) < 4.78 is 5.03. The van der Waals surface area contributed by atoms with Crippen LogP contribution < -0.4 is 4.74 Å². The molecular weight excluding hydrogens is 280 g/mol. The molecule has 20 heavy (non-hydrogen) atoms. The summed E-state index contributed by atoms with van der Waals surface area (Å²) in [6.45, 7) is 0. The fourth-order valence-electron chi connectivity index (χ4n) is 1.41. The van der Waals surface area contributed by atoms with E-state index in [4.69, 9.17) is 21.2 Å². The van der Waals surface area contributed by atoms with Crippen LogP contribution in [0.4, 0.5) is 0 Å². The zero-order chi connectivity index (χ0) is 14.4. The Labute approximate surface area is 120 Å². The van der Waals surface area contributed by atoms with E-state index in [2.05, 4.69) is 10.1 Å². The lowest BCUT2D eigenvalue weighted by atomic mass is 10.2. The van der Waals surface area contributed by atoms with Crippen molar-refractivity contribution in [2.45, 2.75) is 0 Å². The standard InChI is InChI=1S/C14H11ClN2O3/c1-19-11-6-4-10(5-7-11)9-17-20-14(18)12-3-2-8-16-13(12)15/h2-9H,1H3. The molecule has 0 atom stereocenters. The number of hydrogen-bond donors (Lipinski definition) is 0. The van der Waals surface area contributed by atoms with Crippen LogP contribution in [0.25, 0.3) is 0 Å². The molecule has 102 valence electrons. The Morgan fingerprint density at radius 3 is 2.70 bits per heavy atom. The topological polar surface area (TPSA) is 60.8 Å². The molecule has 0 bridgehead atoms. The maximum atomic E-state index is 11.7. The molecule has 0 radical (unpaired) electrons. The van der Waals surface area contributed by atoms with Crippen LogP contribution in [0.3, 0.4) is 0 Å². The minimum absolute atomic E-state index is 0.0807. The molecule has 6 heteroatoms. The summed E-state index contributed by atoms with van der Waals surface area (Å²) in [7, 11) is 1.59. The van der Waals surface area contributed by atoms with E-state index in [1.165, 1.54) is 18.5 Å². The molecule has 0 fully saturated rings. The van der Waals surface area contributed by atoms with Crippen LogP contribution in [0.2, 0.25) is 5.15 Å². The van der Waals surface area contributed by atoms with Gasteiger partial charge in [-0.15, -0.1) is 0 Å². The van der Waals surface area contributed by atoms with Gasteiger partial charge in [0.1, 0.15) is 10.9 Å². The first-order valence-corrected chi connectivity index (χ1v) is 6.08. The van der Waals surface area contributed by atoms with Crippen LogP contribution in [-0.4, -0.2) is 24.3 Å². The maximum Gasteiger partial charge on any atom is 0.368 e. The van der Waals surface area contributed by atoms with Crippen molar-refractivity contribution in [1.82, 2.24) is 4.98 Å². The van der Waals surface area contributed by atoms with E-state index in [9.17, 15) is 4.79 Å². The number of hydrogen-bond acceptors (Lipinski definition) is 5. The monoisotopic (exact) mass is 290 g/mol. The highest BCUT2D eigenvalue weighted by atomic mass is 35.5. The highest BCUT2D eigenvalue weighted by Gasteiger charge is 2.11. The number of benzene rings is 1. The van der Waals surface area contributed by atoms with E-state index in [-0.39, 0.29) is 10.7 Å². The zero-order valence-corrected chi connectivity index (χ0v) is 11.4. The number of ether oxygens (including phenoxy) is 1. The van der Waals surface area contributed by atoms with Crippen molar-refractivity contribution in [3.05, 3.63) is 58.9 Å². The SMILES string of the molecule is COc1ccc(C=NOC(=O)c2cccnc2Cl)cc1. The molecule has 0 N–H and O–H groups in total. The summed E-state index contributed by atoms with van der Waals surface area (Å²) in [5, 5.41) is 3.69. The van der Waals surface area contributed by atoms with Gasteiger partial charge in [-0.1, -0.05) is 16.8 Å². The van der Waals surface area contributed by atoms with Gasteiger partial charge in [0.2, 0.25) is 0 Å². The average molecular weight is 291 g/mol. The van der Waals surface area contributed by atoms with Crippen molar-refractivity contribution in [2.24, 2.45) is 5.16 Å². The van der Waals surface area contributed by atoms with Crippen molar-refractivity contribution >= 4 is 23.8 Å². The van der Waals surface area contributed by atoms with Gasteiger partial charge in [0, 0.05) is 6.20 Å². The van der Waals surface area contributed by atoms with Crippen molar-refractivity contribution in [2.75, 3.05) is 7.11 Å². The van der Waals surface area contributed by atoms with E-state index in [0.29, 0.717) is 0 Å². The molecule has 5 nitrogen and oxygen atoms in total. The third-order valence-corrected chi connectivity index (χ3v) is 2.73. The lowest BCUT2D eigenvalue weighted by Crippen LogP contribution is -2.02. The van der Waals surface area contributed by atoms with Gasteiger partial charge < -0.3 is 9.57 Å². The summed E-state index contributed by atoms with van der Waals surface area (Å²) >= 11 is 5.77. The second-order valence-corrected chi connectivity index (χ2v) is 4.09. The average Bonchev–Trinajstić information content (AvgIpc) is 2.48. The van der Waals surface area contributed by atoms with E-state index < -0.39 is 5.97 Å². The second-order valence-electron chi connectivity index (χ2n) is 3.73. The van der Waals surface area contributed by atoms with Gasteiger partial charge in [-0.2, -0.15) is 0 Å². The highest BCUT2D eigenvalue weighted by Crippen LogP contribution is 2.13. The number of methoxy groups -OCH3 is 1. The number of nitrogens with zero attached hydrogens (tertiary/aromatic N) is 2. The Morgan fingerprint density at radius 1 is 1.30 bits per heavy atom. The Balaban J connectivity index is 1.99. The number of carbonyl (C=O) groups is 1. The molecule has 0 saturated carbocycles. The normalized spacial score (nSPS) is 10.5. The van der Waals surface area contributed by atoms with Crippen molar-refractivity contribution in [1.29, 1.82) is 0 Å². The van der Waals surface area contributed by atoms with Crippen molar-refractivity contribution in [3.8, 4) is 5.75 Å². The first-order valence-electron chi connectivity index (χ1n) is 5.70. The van der Waals surface area contributed by atoms with Gasteiger partial charge in [0.15, 0.2) is 0 Å².